The van der Waals surface area contributed by atoms with Gasteiger partial charge in [0.15, 0.2) is 0 Å². The van der Waals surface area contributed by atoms with Crippen molar-refractivity contribution in [3.8, 4) is 0 Å². The summed E-state index contributed by atoms with van der Waals surface area (Å²) in [7, 11) is 0.517. The lowest BCUT2D eigenvalue weighted by atomic mass is 10.1. The summed E-state index contributed by atoms with van der Waals surface area (Å²) in [5.74, 6) is 0. The van der Waals surface area contributed by atoms with E-state index in [0.717, 1.165) is 25.8 Å². The number of piperidine rings is 1. The van der Waals surface area contributed by atoms with Crippen molar-refractivity contribution < 1.29 is 8.42 Å². The molecule has 2 atom stereocenters. The standard InChI is InChI=1S/C14H30N4O2S/c1-12(11-17(2)3)16-21(19,20)18-9-5-4-6-14(18)10-15-13-7-8-13/h12-16H,4-11H2,1-3H3. The Bertz CT molecular complexity index is 423. The lowest BCUT2D eigenvalue weighted by Gasteiger charge is -2.35. The van der Waals surface area contributed by atoms with Crippen LogP contribution in [0, 0.1) is 0 Å². The van der Waals surface area contributed by atoms with Crippen molar-refractivity contribution in [1.29, 1.82) is 0 Å². The smallest absolute Gasteiger partial charge is 0.280 e. The molecular weight excluding hydrogens is 288 g/mol. The Hall–Kier alpha value is -0.210. The van der Waals surface area contributed by atoms with Crippen molar-refractivity contribution in [2.75, 3.05) is 33.7 Å². The highest BCUT2D eigenvalue weighted by Gasteiger charge is 2.34. The number of nitrogens with zero attached hydrogens (tertiary/aromatic N) is 2. The molecule has 2 aliphatic rings. The Morgan fingerprint density at radius 3 is 2.57 bits per heavy atom. The predicted octanol–water partition coefficient (Wildman–Crippen LogP) is 0.377. The van der Waals surface area contributed by atoms with Crippen molar-refractivity contribution in [3.05, 3.63) is 0 Å². The first-order valence-electron chi connectivity index (χ1n) is 8.05. The number of rotatable bonds is 8. The van der Waals surface area contributed by atoms with Crippen LogP contribution in [0.5, 0.6) is 0 Å². The van der Waals surface area contributed by atoms with Crippen molar-refractivity contribution in [1.82, 2.24) is 19.2 Å². The van der Waals surface area contributed by atoms with Crippen LogP contribution in [0.2, 0.25) is 0 Å². The first-order chi connectivity index (χ1) is 9.88. The summed E-state index contributed by atoms with van der Waals surface area (Å²) < 4.78 is 29.7. The third-order valence-electron chi connectivity index (χ3n) is 4.09. The summed E-state index contributed by atoms with van der Waals surface area (Å²) in [4.78, 5) is 2.00. The fraction of sp³-hybridized carbons (Fsp3) is 1.00. The zero-order valence-corrected chi connectivity index (χ0v) is 14.3. The van der Waals surface area contributed by atoms with Gasteiger partial charge in [0.1, 0.15) is 0 Å². The fourth-order valence-corrected chi connectivity index (χ4v) is 4.65. The Morgan fingerprint density at radius 2 is 1.95 bits per heavy atom. The highest BCUT2D eigenvalue weighted by atomic mass is 32.2. The third kappa shape index (κ3) is 5.49. The first-order valence-corrected chi connectivity index (χ1v) is 9.49. The van der Waals surface area contributed by atoms with Crippen LogP contribution in [0.15, 0.2) is 0 Å². The molecule has 0 aromatic carbocycles. The van der Waals surface area contributed by atoms with Crippen molar-refractivity contribution in [2.45, 2.75) is 57.2 Å². The molecule has 0 spiro atoms. The van der Waals surface area contributed by atoms with Gasteiger partial charge in [-0.2, -0.15) is 17.4 Å². The topological polar surface area (TPSA) is 64.7 Å². The molecule has 1 aliphatic carbocycles. The molecule has 1 aliphatic heterocycles. The van der Waals surface area contributed by atoms with Gasteiger partial charge >= 0.3 is 0 Å². The minimum absolute atomic E-state index is 0.0797. The van der Waals surface area contributed by atoms with E-state index in [9.17, 15) is 8.42 Å². The highest BCUT2D eigenvalue weighted by Crippen LogP contribution is 2.22. The second-order valence-electron chi connectivity index (χ2n) is 6.73. The first kappa shape index (κ1) is 17.1. The average Bonchev–Trinajstić information content (AvgIpc) is 3.19. The van der Waals surface area contributed by atoms with E-state index in [1.807, 2.05) is 25.9 Å². The maximum absolute atomic E-state index is 12.6. The maximum atomic E-state index is 12.6. The summed E-state index contributed by atoms with van der Waals surface area (Å²) in [6.07, 6.45) is 5.51. The number of nitrogens with one attached hydrogen (secondary N) is 2. The van der Waals surface area contributed by atoms with Gasteiger partial charge in [-0.05, 0) is 46.7 Å². The summed E-state index contributed by atoms with van der Waals surface area (Å²) in [6.45, 7) is 4.05. The van der Waals surface area contributed by atoms with Gasteiger partial charge in [-0.3, -0.25) is 0 Å². The van der Waals surface area contributed by atoms with E-state index >= 15 is 0 Å². The van der Waals surface area contributed by atoms with Crippen molar-refractivity contribution >= 4 is 10.2 Å². The lowest BCUT2D eigenvalue weighted by Crippen LogP contribution is -2.55. The van der Waals surface area contributed by atoms with Gasteiger partial charge in [0.25, 0.3) is 10.2 Å². The molecular formula is C14H30N4O2S. The van der Waals surface area contributed by atoms with Gasteiger partial charge in [-0.25, -0.2) is 0 Å². The maximum Gasteiger partial charge on any atom is 0.280 e. The van der Waals surface area contributed by atoms with Gasteiger partial charge in [-0.1, -0.05) is 6.42 Å². The summed E-state index contributed by atoms with van der Waals surface area (Å²) in [6, 6.07) is 0.643. The molecule has 0 amide bonds. The molecule has 0 aromatic heterocycles. The molecule has 0 radical (unpaired) electrons. The molecule has 0 bridgehead atoms. The van der Waals surface area contributed by atoms with Crippen LogP contribution in [0.1, 0.15) is 39.0 Å². The molecule has 2 fully saturated rings. The van der Waals surface area contributed by atoms with E-state index < -0.39 is 10.2 Å². The molecule has 2 rings (SSSR count). The SMILES string of the molecule is CC(CN(C)C)NS(=O)(=O)N1CCCCC1CNC1CC1. The van der Waals surface area contributed by atoms with Crippen LogP contribution in [-0.2, 0) is 10.2 Å². The van der Waals surface area contributed by atoms with Crippen LogP contribution in [0.4, 0.5) is 0 Å². The van der Waals surface area contributed by atoms with Gasteiger partial charge in [-0.15, -0.1) is 0 Å². The van der Waals surface area contributed by atoms with Crippen LogP contribution in [0.25, 0.3) is 0 Å². The van der Waals surface area contributed by atoms with E-state index in [-0.39, 0.29) is 12.1 Å². The average molecular weight is 318 g/mol. The molecule has 1 saturated carbocycles. The fourth-order valence-electron chi connectivity index (χ4n) is 2.99. The number of hydrogen-bond donors (Lipinski definition) is 2. The minimum atomic E-state index is -3.39. The van der Waals surface area contributed by atoms with E-state index in [1.54, 1.807) is 4.31 Å². The van der Waals surface area contributed by atoms with E-state index in [1.165, 1.54) is 12.8 Å². The molecule has 2 unspecified atom stereocenters. The van der Waals surface area contributed by atoms with Crippen molar-refractivity contribution in [3.63, 3.8) is 0 Å². The normalized spacial score (nSPS) is 26.2. The van der Waals surface area contributed by atoms with Crippen LogP contribution < -0.4 is 10.0 Å². The summed E-state index contributed by atoms with van der Waals surface area (Å²) >= 11 is 0. The summed E-state index contributed by atoms with van der Waals surface area (Å²) in [5.41, 5.74) is 0. The van der Waals surface area contributed by atoms with E-state index in [0.29, 0.717) is 19.1 Å². The van der Waals surface area contributed by atoms with Gasteiger partial charge in [0.05, 0.1) is 0 Å². The molecule has 2 N–H and O–H groups in total. The molecule has 21 heavy (non-hydrogen) atoms. The highest BCUT2D eigenvalue weighted by molar-refractivity contribution is 7.87. The number of likely N-dealkylation sites (N-methyl/N-ethyl adjacent to an activating group) is 1. The second-order valence-corrected chi connectivity index (χ2v) is 8.38. The molecule has 0 aromatic rings. The summed E-state index contributed by atoms with van der Waals surface area (Å²) in [5, 5.41) is 3.47. The quantitative estimate of drug-likeness (QED) is 0.679. The number of hydrogen-bond acceptors (Lipinski definition) is 4. The van der Waals surface area contributed by atoms with Gasteiger partial charge in [0.2, 0.25) is 0 Å². The second kappa shape index (κ2) is 7.37. The monoisotopic (exact) mass is 318 g/mol. The van der Waals surface area contributed by atoms with Crippen LogP contribution >= 0.6 is 0 Å². The minimum Gasteiger partial charge on any atom is -0.312 e. The molecule has 7 heteroatoms. The molecule has 6 nitrogen and oxygen atoms in total. The Kier molecular flexibility index (Phi) is 6.02. The van der Waals surface area contributed by atoms with Crippen LogP contribution in [0.3, 0.4) is 0 Å². The third-order valence-corrected chi connectivity index (χ3v) is 5.89. The largest absolute Gasteiger partial charge is 0.312 e. The molecule has 124 valence electrons. The van der Waals surface area contributed by atoms with Crippen LogP contribution in [-0.4, -0.2) is 69.5 Å². The Morgan fingerprint density at radius 1 is 1.24 bits per heavy atom. The van der Waals surface area contributed by atoms with Gasteiger partial charge in [0, 0.05) is 37.8 Å². The predicted molar refractivity (Wildman–Crippen MR) is 85.4 cm³/mol. The molecule has 1 saturated heterocycles. The lowest BCUT2D eigenvalue weighted by molar-refractivity contribution is 0.240. The van der Waals surface area contributed by atoms with Gasteiger partial charge < -0.3 is 10.2 Å². The zero-order valence-electron chi connectivity index (χ0n) is 13.5. The Labute approximate surface area is 129 Å². The molecule has 1 heterocycles. The van der Waals surface area contributed by atoms with Crippen molar-refractivity contribution in [2.24, 2.45) is 0 Å². The van der Waals surface area contributed by atoms with E-state index in [2.05, 4.69) is 10.0 Å². The Balaban J connectivity index is 1.93. The van der Waals surface area contributed by atoms with E-state index in [4.69, 9.17) is 0 Å². The zero-order chi connectivity index (χ0) is 15.5.